The number of hydrogen-bond acceptors (Lipinski definition) is 5. The Kier molecular flexibility index (Phi) is 4.57. The fraction of sp³-hybridized carbons (Fsp3) is 0.429. The van der Waals surface area contributed by atoms with E-state index in [4.69, 9.17) is 9.63 Å². The zero-order chi connectivity index (χ0) is 14.7. The molecule has 2 rings (SSSR count). The highest BCUT2D eigenvalue weighted by Crippen LogP contribution is 2.22. The van der Waals surface area contributed by atoms with Crippen molar-refractivity contribution in [2.24, 2.45) is 0 Å². The van der Waals surface area contributed by atoms with Crippen LogP contribution < -0.4 is 5.32 Å². The van der Waals surface area contributed by atoms with Crippen molar-refractivity contribution >= 4 is 17.3 Å². The van der Waals surface area contributed by atoms with Crippen molar-refractivity contribution in [3.05, 3.63) is 38.4 Å². The van der Waals surface area contributed by atoms with Crippen molar-refractivity contribution in [2.75, 3.05) is 0 Å². The summed E-state index contributed by atoms with van der Waals surface area (Å²) in [6.45, 7) is 7.22. The van der Waals surface area contributed by atoms with Crippen LogP contribution in [0.25, 0.3) is 0 Å². The van der Waals surface area contributed by atoms with Gasteiger partial charge in [0.2, 0.25) is 0 Å². The average molecular weight is 294 g/mol. The highest BCUT2D eigenvalue weighted by molar-refractivity contribution is 7.14. The van der Waals surface area contributed by atoms with Crippen LogP contribution in [-0.4, -0.2) is 16.2 Å². The molecule has 0 aliphatic heterocycles. The molecule has 0 saturated heterocycles. The van der Waals surface area contributed by atoms with Gasteiger partial charge < -0.3 is 14.9 Å². The van der Waals surface area contributed by atoms with E-state index >= 15 is 0 Å². The monoisotopic (exact) mass is 294 g/mol. The Balaban J connectivity index is 1.99. The van der Waals surface area contributed by atoms with Crippen LogP contribution in [0.15, 0.2) is 10.6 Å². The van der Waals surface area contributed by atoms with E-state index in [-0.39, 0.29) is 0 Å². The summed E-state index contributed by atoms with van der Waals surface area (Å²) in [7, 11) is 0. The van der Waals surface area contributed by atoms with Crippen LogP contribution in [0.2, 0.25) is 0 Å². The lowest BCUT2D eigenvalue weighted by atomic mass is 10.1. The highest BCUT2D eigenvalue weighted by atomic mass is 32.1. The Hall–Kier alpha value is -1.66. The number of aromatic carboxylic acids is 1. The van der Waals surface area contributed by atoms with Gasteiger partial charge in [-0.2, -0.15) is 0 Å². The smallest absolute Gasteiger partial charge is 0.345 e. The van der Waals surface area contributed by atoms with Crippen LogP contribution in [-0.2, 0) is 19.5 Å². The van der Waals surface area contributed by atoms with E-state index in [2.05, 4.69) is 10.5 Å². The third-order valence-electron chi connectivity index (χ3n) is 3.24. The Morgan fingerprint density at radius 3 is 2.80 bits per heavy atom. The number of carboxylic acid groups (broad SMARTS) is 1. The van der Waals surface area contributed by atoms with Crippen molar-refractivity contribution < 1.29 is 14.4 Å². The molecule has 2 N–H and O–H groups in total. The first-order valence-electron chi connectivity index (χ1n) is 6.50. The molecule has 108 valence electrons. The van der Waals surface area contributed by atoms with Gasteiger partial charge in [0.1, 0.15) is 10.6 Å². The number of carbonyl (C=O) groups is 1. The van der Waals surface area contributed by atoms with E-state index in [1.54, 1.807) is 6.07 Å². The molecule has 0 aliphatic carbocycles. The molecule has 0 amide bonds. The van der Waals surface area contributed by atoms with E-state index in [1.807, 2.05) is 20.8 Å². The molecule has 0 spiro atoms. The van der Waals surface area contributed by atoms with Crippen LogP contribution in [0.1, 0.15) is 44.1 Å². The van der Waals surface area contributed by atoms with Crippen LogP contribution in [0.4, 0.5) is 0 Å². The second kappa shape index (κ2) is 6.19. The largest absolute Gasteiger partial charge is 0.477 e. The van der Waals surface area contributed by atoms with Crippen LogP contribution in [0, 0.1) is 13.8 Å². The van der Waals surface area contributed by atoms with Crippen molar-refractivity contribution in [3.8, 4) is 0 Å². The van der Waals surface area contributed by atoms with Gasteiger partial charge in [0.25, 0.3) is 0 Å². The fourth-order valence-electron chi connectivity index (χ4n) is 2.06. The summed E-state index contributed by atoms with van der Waals surface area (Å²) in [5.41, 5.74) is 3.03. The third kappa shape index (κ3) is 3.08. The summed E-state index contributed by atoms with van der Waals surface area (Å²) < 4.78 is 5.24. The number of nitrogens with one attached hydrogen (secondary N) is 1. The molecule has 0 saturated carbocycles. The zero-order valence-electron chi connectivity index (χ0n) is 11.8. The molecule has 2 aromatic rings. The van der Waals surface area contributed by atoms with E-state index in [0.717, 1.165) is 33.9 Å². The predicted molar refractivity (Wildman–Crippen MR) is 77.2 cm³/mol. The SMILES string of the molecule is CCc1onc(C)c1CNCc1cc(C(=O)O)sc1C. The number of carboxylic acids is 1. The minimum Gasteiger partial charge on any atom is -0.477 e. The van der Waals surface area contributed by atoms with Crippen molar-refractivity contribution in [3.63, 3.8) is 0 Å². The first kappa shape index (κ1) is 14.7. The van der Waals surface area contributed by atoms with Gasteiger partial charge >= 0.3 is 5.97 Å². The molecule has 20 heavy (non-hydrogen) atoms. The summed E-state index contributed by atoms with van der Waals surface area (Å²) >= 11 is 1.31. The van der Waals surface area contributed by atoms with Crippen molar-refractivity contribution in [2.45, 2.75) is 40.3 Å². The number of hydrogen-bond donors (Lipinski definition) is 2. The van der Waals surface area contributed by atoms with Gasteiger partial charge in [0, 0.05) is 30.0 Å². The van der Waals surface area contributed by atoms with Crippen molar-refractivity contribution in [1.29, 1.82) is 0 Å². The molecule has 2 heterocycles. The van der Waals surface area contributed by atoms with E-state index < -0.39 is 5.97 Å². The molecule has 5 nitrogen and oxygen atoms in total. The minimum atomic E-state index is -0.868. The Morgan fingerprint density at radius 2 is 2.20 bits per heavy atom. The van der Waals surface area contributed by atoms with Gasteiger partial charge in [-0.25, -0.2) is 4.79 Å². The number of aryl methyl sites for hydroxylation is 3. The maximum absolute atomic E-state index is 10.9. The topological polar surface area (TPSA) is 75.4 Å². The maximum atomic E-state index is 10.9. The first-order chi connectivity index (χ1) is 9.52. The number of aromatic nitrogens is 1. The van der Waals surface area contributed by atoms with Crippen molar-refractivity contribution in [1.82, 2.24) is 10.5 Å². The van der Waals surface area contributed by atoms with E-state index in [9.17, 15) is 4.79 Å². The highest BCUT2D eigenvalue weighted by Gasteiger charge is 2.13. The Morgan fingerprint density at radius 1 is 1.45 bits per heavy atom. The molecule has 2 aromatic heterocycles. The standard InChI is InChI=1S/C14H18N2O3S/c1-4-12-11(8(2)16-19-12)7-15-6-10-5-13(14(17)18)20-9(10)3/h5,15H,4,6-7H2,1-3H3,(H,17,18). The fourth-order valence-corrected chi connectivity index (χ4v) is 2.94. The Bertz CT molecular complexity index is 616. The average Bonchev–Trinajstić information content (AvgIpc) is 2.94. The molecule has 0 aromatic carbocycles. The number of nitrogens with zero attached hydrogens (tertiary/aromatic N) is 1. The normalized spacial score (nSPS) is 10.9. The minimum absolute atomic E-state index is 0.384. The number of thiophene rings is 1. The van der Waals surface area contributed by atoms with Gasteiger partial charge in [0.05, 0.1) is 5.69 Å². The van der Waals surface area contributed by atoms with Gasteiger partial charge in [-0.05, 0) is 25.5 Å². The van der Waals surface area contributed by atoms with Gasteiger partial charge in [-0.3, -0.25) is 0 Å². The molecule has 6 heteroatoms. The lowest BCUT2D eigenvalue weighted by Gasteiger charge is -2.04. The van der Waals surface area contributed by atoms with E-state index in [0.29, 0.717) is 18.0 Å². The van der Waals surface area contributed by atoms with Gasteiger partial charge in [0.15, 0.2) is 0 Å². The summed E-state index contributed by atoms with van der Waals surface area (Å²) in [5, 5.41) is 16.3. The molecule has 0 fully saturated rings. The van der Waals surface area contributed by atoms with Crippen LogP contribution >= 0.6 is 11.3 Å². The molecule has 0 aliphatic rings. The van der Waals surface area contributed by atoms with Gasteiger partial charge in [-0.1, -0.05) is 12.1 Å². The van der Waals surface area contributed by atoms with Crippen LogP contribution in [0.3, 0.4) is 0 Å². The van der Waals surface area contributed by atoms with E-state index in [1.165, 1.54) is 11.3 Å². The third-order valence-corrected chi connectivity index (χ3v) is 4.32. The lowest BCUT2D eigenvalue weighted by molar-refractivity contribution is 0.0702. The molecular weight excluding hydrogens is 276 g/mol. The summed E-state index contributed by atoms with van der Waals surface area (Å²) in [6, 6.07) is 1.73. The zero-order valence-corrected chi connectivity index (χ0v) is 12.6. The summed E-state index contributed by atoms with van der Waals surface area (Å²) in [6.07, 6.45) is 0.818. The quantitative estimate of drug-likeness (QED) is 0.856. The number of rotatable bonds is 6. The summed E-state index contributed by atoms with van der Waals surface area (Å²) in [5.74, 6) is 0.0377. The first-order valence-corrected chi connectivity index (χ1v) is 7.32. The Labute approximate surface area is 121 Å². The van der Waals surface area contributed by atoms with Gasteiger partial charge in [-0.15, -0.1) is 11.3 Å². The molecule has 0 radical (unpaired) electrons. The molecule has 0 unspecified atom stereocenters. The lowest BCUT2D eigenvalue weighted by Crippen LogP contribution is -2.14. The molecule has 0 bridgehead atoms. The maximum Gasteiger partial charge on any atom is 0.345 e. The molecule has 0 atom stereocenters. The van der Waals surface area contributed by atoms with Crippen LogP contribution in [0.5, 0.6) is 0 Å². The molecular formula is C14H18N2O3S. The second-order valence-corrected chi connectivity index (χ2v) is 5.88. The predicted octanol–water partition coefficient (Wildman–Crippen LogP) is 2.90. The summed E-state index contributed by atoms with van der Waals surface area (Å²) in [4.78, 5) is 12.3. The second-order valence-electron chi connectivity index (χ2n) is 4.62.